The fourth-order valence-corrected chi connectivity index (χ4v) is 3.52. The molecular weight excluding hydrogens is 459 g/mol. The number of benzene rings is 1. The maximum atomic E-state index is 14.7. The fourth-order valence-electron chi connectivity index (χ4n) is 3.52. The largest absolute Gasteiger partial charge is 0.360 e. The number of rotatable bonds is 4. The summed E-state index contributed by atoms with van der Waals surface area (Å²) in [5, 5.41) is 16.7. The van der Waals surface area contributed by atoms with Crippen molar-refractivity contribution in [2.75, 3.05) is 23.3 Å². The molecule has 0 radical (unpaired) electrons. The highest BCUT2D eigenvalue weighted by Gasteiger charge is 2.52. The third-order valence-corrected chi connectivity index (χ3v) is 5.21. The molecule has 0 aliphatic carbocycles. The van der Waals surface area contributed by atoms with Gasteiger partial charge in [-0.05, 0) is 24.3 Å². The minimum absolute atomic E-state index is 0.0121. The predicted molar refractivity (Wildman–Crippen MR) is 112 cm³/mol. The van der Waals surface area contributed by atoms with E-state index in [9.17, 15) is 32.3 Å². The average molecular weight is 473 g/mol. The van der Waals surface area contributed by atoms with Crippen molar-refractivity contribution in [2.45, 2.75) is 5.92 Å². The minimum atomic E-state index is -3.58. The summed E-state index contributed by atoms with van der Waals surface area (Å²) in [5.41, 5.74) is -3.35. The molecule has 1 unspecified atom stereocenters. The van der Waals surface area contributed by atoms with Crippen LogP contribution in [0.15, 0.2) is 44.8 Å². The molecule has 2 aromatic heterocycles. The average Bonchev–Trinajstić information content (AvgIpc) is 3.10. The van der Waals surface area contributed by atoms with Crippen molar-refractivity contribution in [1.82, 2.24) is 20.2 Å². The van der Waals surface area contributed by atoms with Crippen LogP contribution in [0.2, 0.25) is 0 Å². The molecule has 1 atom stereocenters. The molecule has 1 aliphatic heterocycles. The first kappa shape index (κ1) is 22.5. The second-order valence-corrected chi connectivity index (χ2v) is 7.44. The predicted octanol–water partition coefficient (Wildman–Crippen LogP) is 0.534. The van der Waals surface area contributed by atoms with Crippen LogP contribution >= 0.6 is 0 Å². The number of nitriles is 1. The maximum Gasteiger partial charge on any atom is 0.325 e. The Morgan fingerprint density at radius 3 is 2.68 bits per heavy atom. The number of carbonyl (C=O) groups is 1. The van der Waals surface area contributed by atoms with Crippen LogP contribution in [0.1, 0.15) is 5.56 Å². The summed E-state index contributed by atoms with van der Waals surface area (Å²) in [6, 6.07) is 5.94. The first-order valence-electron chi connectivity index (χ1n) is 9.64. The van der Waals surface area contributed by atoms with Gasteiger partial charge in [-0.15, -0.1) is 0 Å². The molecule has 34 heavy (non-hydrogen) atoms. The first-order chi connectivity index (χ1) is 16.1. The lowest BCUT2D eigenvalue weighted by Gasteiger charge is -2.17. The summed E-state index contributed by atoms with van der Waals surface area (Å²) in [5.74, 6) is -7.67. The Labute approximate surface area is 186 Å². The number of aromatic nitrogens is 4. The van der Waals surface area contributed by atoms with Crippen LogP contribution < -0.4 is 27.0 Å². The van der Waals surface area contributed by atoms with Gasteiger partial charge in [0.25, 0.3) is 17.0 Å². The lowest BCUT2D eigenvalue weighted by Crippen LogP contribution is -2.36. The molecule has 0 saturated carbocycles. The van der Waals surface area contributed by atoms with Gasteiger partial charge in [-0.3, -0.25) is 19.4 Å². The van der Waals surface area contributed by atoms with Crippen molar-refractivity contribution in [1.29, 1.82) is 5.26 Å². The molecule has 1 aliphatic rings. The molecule has 174 valence electrons. The highest BCUT2D eigenvalue weighted by molar-refractivity contribution is 5.94. The van der Waals surface area contributed by atoms with Gasteiger partial charge in [-0.25, -0.2) is 23.1 Å². The number of carbonyl (C=O) groups excluding carboxylic acids is 1. The molecule has 3 heterocycles. The number of alkyl halides is 2. The van der Waals surface area contributed by atoms with Gasteiger partial charge in [0.1, 0.15) is 17.4 Å². The zero-order valence-electron chi connectivity index (χ0n) is 17.0. The van der Waals surface area contributed by atoms with Crippen LogP contribution in [-0.2, 0) is 4.79 Å². The number of amides is 1. The summed E-state index contributed by atoms with van der Waals surface area (Å²) < 4.78 is 43.5. The normalized spacial score (nSPS) is 16.8. The fraction of sp³-hybridized carbons (Fsp3) is 0.200. The molecule has 4 N–H and O–H groups in total. The van der Waals surface area contributed by atoms with E-state index in [-0.39, 0.29) is 28.2 Å². The summed E-state index contributed by atoms with van der Waals surface area (Å²) in [6.45, 7) is -1.60. The standard InChI is InChI=1S/C20H14F3N7O4/c21-12-3-9(5-24)1-2-13(12)26-17(32)11-7-30(8-20(11,22)23)15-4-14(28-29-18(15)33)10-6-25-19(34)27-16(10)31/h1-4,6,11H,7-8H2,(H,26,32)(H,29,33)(H2,25,27,31,34). The van der Waals surface area contributed by atoms with Gasteiger partial charge in [0, 0.05) is 12.7 Å². The lowest BCUT2D eigenvalue weighted by molar-refractivity contribution is -0.128. The van der Waals surface area contributed by atoms with Gasteiger partial charge in [0.05, 0.1) is 35.1 Å². The number of aromatic amines is 3. The lowest BCUT2D eigenvalue weighted by atomic mass is 10.0. The van der Waals surface area contributed by atoms with Crippen LogP contribution in [0.4, 0.5) is 24.5 Å². The Kier molecular flexibility index (Phi) is 5.53. The van der Waals surface area contributed by atoms with Gasteiger partial charge >= 0.3 is 5.69 Å². The van der Waals surface area contributed by atoms with E-state index in [1.807, 2.05) is 4.98 Å². The number of hydrogen-bond acceptors (Lipinski definition) is 7. The van der Waals surface area contributed by atoms with Gasteiger partial charge < -0.3 is 15.2 Å². The molecule has 0 bridgehead atoms. The number of H-pyrrole nitrogens is 3. The topological polar surface area (TPSA) is 168 Å². The highest BCUT2D eigenvalue weighted by atomic mass is 19.3. The highest BCUT2D eigenvalue weighted by Crippen LogP contribution is 2.36. The summed E-state index contributed by atoms with van der Waals surface area (Å²) in [6.07, 6.45) is 1.05. The zero-order chi connectivity index (χ0) is 24.6. The van der Waals surface area contributed by atoms with E-state index in [4.69, 9.17) is 5.26 Å². The molecule has 14 heteroatoms. The number of hydrogen-bond donors (Lipinski definition) is 4. The number of nitrogens with zero attached hydrogens (tertiary/aromatic N) is 3. The van der Waals surface area contributed by atoms with Crippen molar-refractivity contribution in [3.05, 3.63) is 73.0 Å². The molecular formula is C20H14F3N7O4. The van der Waals surface area contributed by atoms with E-state index < -0.39 is 53.5 Å². The quantitative estimate of drug-likeness (QED) is 0.429. The Balaban J connectivity index is 1.61. The van der Waals surface area contributed by atoms with Crippen molar-refractivity contribution in [3.8, 4) is 17.3 Å². The molecule has 1 amide bonds. The van der Waals surface area contributed by atoms with Crippen molar-refractivity contribution >= 4 is 17.3 Å². The number of nitrogens with one attached hydrogen (secondary N) is 4. The van der Waals surface area contributed by atoms with Crippen LogP contribution in [0.5, 0.6) is 0 Å². The SMILES string of the molecule is N#Cc1ccc(NC(=O)C2CN(c3cc(-c4c[nH]c(=O)[nH]c4=O)n[nH]c3=O)CC2(F)F)c(F)c1. The van der Waals surface area contributed by atoms with Crippen molar-refractivity contribution in [2.24, 2.45) is 5.92 Å². The molecule has 0 spiro atoms. The zero-order valence-corrected chi connectivity index (χ0v) is 17.0. The van der Waals surface area contributed by atoms with E-state index in [1.54, 1.807) is 6.07 Å². The summed E-state index contributed by atoms with van der Waals surface area (Å²) in [7, 11) is 0. The Morgan fingerprint density at radius 1 is 1.24 bits per heavy atom. The molecule has 1 fully saturated rings. The van der Waals surface area contributed by atoms with Crippen LogP contribution in [0, 0.1) is 23.1 Å². The van der Waals surface area contributed by atoms with E-state index in [2.05, 4.69) is 20.5 Å². The number of anilines is 2. The Morgan fingerprint density at radius 2 is 2.00 bits per heavy atom. The van der Waals surface area contributed by atoms with Crippen LogP contribution in [-0.4, -0.2) is 45.1 Å². The van der Waals surface area contributed by atoms with E-state index in [0.29, 0.717) is 0 Å². The molecule has 3 aromatic rings. The van der Waals surface area contributed by atoms with E-state index in [0.717, 1.165) is 29.3 Å². The van der Waals surface area contributed by atoms with Gasteiger partial charge in [-0.2, -0.15) is 10.4 Å². The maximum absolute atomic E-state index is 14.7. The third kappa shape index (κ3) is 4.18. The van der Waals surface area contributed by atoms with Gasteiger partial charge in [0.2, 0.25) is 5.91 Å². The Bertz CT molecular complexity index is 1510. The molecule has 11 nitrogen and oxygen atoms in total. The van der Waals surface area contributed by atoms with Crippen LogP contribution in [0.3, 0.4) is 0 Å². The number of halogens is 3. The monoisotopic (exact) mass is 473 g/mol. The van der Waals surface area contributed by atoms with Gasteiger partial charge in [-0.1, -0.05) is 0 Å². The molecule has 1 saturated heterocycles. The second-order valence-electron chi connectivity index (χ2n) is 7.44. The second kappa shape index (κ2) is 8.35. The minimum Gasteiger partial charge on any atom is -0.360 e. The van der Waals surface area contributed by atoms with Crippen LogP contribution in [0.25, 0.3) is 11.3 Å². The Hall–Kier alpha value is -4.67. The first-order valence-corrected chi connectivity index (χ1v) is 9.64. The summed E-state index contributed by atoms with van der Waals surface area (Å²) >= 11 is 0. The smallest absolute Gasteiger partial charge is 0.325 e. The summed E-state index contributed by atoms with van der Waals surface area (Å²) in [4.78, 5) is 53.2. The van der Waals surface area contributed by atoms with E-state index >= 15 is 0 Å². The van der Waals surface area contributed by atoms with Gasteiger partial charge in [0.15, 0.2) is 0 Å². The van der Waals surface area contributed by atoms with E-state index in [1.165, 1.54) is 6.07 Å². The third-order valence-electron chi connectivity index (χ3n) is 5.21. The van der Waals surface area contributed by atoms with Crippen molar-refractivity contribution in [3.63, 3.8) is 0 Å². The molecule has 1 aromatic carbocycles. The van der Waals surface area contributed by atoms with Crippen molar-refractivity contribution < 1.29 is 18.0 Å². The molecule has 4 rings (SSSR count).